The van der Waals surface area contributed by atoms with Gasteiger partial charge in [0.1, 0.15) is 0 Å². The van der Waals surface area contributed by atoms with Gasteiger partial charge in [-0.3, -0.25) is 9.78 Å². The van der Waals surface area contributed by atoms with Gasteiger partial charge in [-0.05, 0) is 11.4 Å². The van der Waals surface area contributed by atoms with Gasteiger partial charge in [0.05, 0.1) is 16.8 Å². The maximum atomic E-state index is 12.1. The SMILES string of the molecule is Cc1nnc(CNC(=O)c2cncc3sccc23)o1. The Kier molecular flexibility index (Phi) is 2.96. The van der Waals surface area contributed by atoms with E-state index in [0.29, 0.717) is 17.3 Å². The first kappa shape index (κ1) is 11.8. The van der Waals surface area contributed by atoms with Crippen LogP contribution in [0.1, 0.15) is 22.1 Å². The first-order valence-electron chi connectivity index (χ1n) is 5.62. The molecule has 0 atom stereocenters. The Hall–Kier alpha value is -2.28. The number of amides is 1. The fourth-order valence-electron chi connectivity index (χ4n) is 1.73. The van der Waals surface area contributed by atoms with E-state index >= 15 is 0 Å². The van der Waals surface area contributed by atoms with Crippen molar-refractivity contribution in [3.8, 4) is 0 Å². The van der Waals surface area contributed by atoms with E-state index < -0.39 is 0 Å². The first-order valence-corrected chi connectivity index (χ1v) is 6.50. The highest BCUT2D eigenvalue weighted by molar-refractivity contribution is 7.17. The van der Waals surface area contributed by atoms with Crippen LogP contribution in [-0.2, 0) is 6.54 Å². The molecule has 1 N–H and O–H groups in total. The van der Waals surface area contributed by atoms with Crippen molar-refractivity contribution in [3.05, 3.63) is 41.2 Å². The van der Waals surface area contributed by atoms with Crippen LogP contribution in [0.15, 0.2) is 28.3 Å². The van der Waals surface area contributed by atoms with E-state index in [2.05, 4.69) is 20.5 Å². The molecule has 0 bridgehead atoms. The van der Waals surface area contributed by atoms with Crippen LogP contribution in [-0.4, -0.2) is 21.1 Å². The van der Waals surface area contributed by atoms with Crippen molar-refractivity contribution >= 4 is 27.3 Å². The van der Waals surface area contributed by atoms with Gasteiger partial charge >= 0.3 is 0 Å². The Morgan fingerprint density at radius 2 is 2.32 bits per heavy atom. The summed E-state index contributed by atoms with van der Waals surface area (Å²) in [6, 6.07) is 1.91. The van der Waals surface area contributed by atoms with Gasteiger partial charge in [-0.25, -0.2) is 0 Å². The number of thiophene rings is 1. The summed E-state index contributed by atoms with van der Waals surface area (Å²) in [5, 5.41) is 13.1. The third-order valence-corrected chi connectivity index (χ3v) is 3.44. The third-order valence-electron chi connectivity index (χ3n) is 2.59. The summed E-state index contributed by atoms with van der Waals surface area (Å²) in [7, 11) is 0. The number of aryl methyl sites for hydroxylation is 1. The molecule has 19 heavy (non-hydrogen) atoms. The molecule has 0 fully saturated rings. The lowest BCUT2D eigenvalue weighted by Gasteiger charge is -2.03. The van der Waals surface area contributed by atoms with E-state index in [0.717, 1.165) is 10.1 Å². The summed E-state index contributed by atoms with van der Waals surface area (Å²) >= 11 is 1.55. The lowest BCUT2D eigenvalue weighted by atomic mass is 10.2. The maximum Gasteiger partial charge on any atom is 0.253 e. The molecular weight excluding hydrogens is 264 g/mol. The molecule has 3 heterocycles. The van der Waals surface area contributed by atoms with Crippen LogP contribution < -0.4 is 5.32 Å². The number of aromatic nitrogens is 3. The van der Waals surface area contributed by atoms with E-state index in [1.54, 1.807) is 30.7 Å². The molecule has 3 aromatic rings. The lowest BCUT2D eigenvalue weighted by Crippen LogP contribution is -2.23. The Morgan fingerprint density at radius 1 is 1.42 bits per heavy atom. The number of fused-ring (bicyclic) bond motifs is 1. The summed E-state index contributed by atoms with van der Waals surface area (Å²) in [6.45, 7) is 1.91. The number of nitrogens with one attached hydrogen (secondary N) is 1. The Labute approximate surface area is 112 Å². The minimum Gasteiger partial charge on any atom is -0.424 e. The monoisotopic (exact) mass is 274 g/mol. The van der Waals surface area contributed by atoms with Gasteiger partial charge in [0.25, 0.3) is 5.91 Å². The molecule has 0 aliphatic heterocycles. The number of carbonyl (C=O) groups excluding carboxylic acids is 1. The zero-order chi connectivity index (χ0) is 13.2. The molecule has 3 aromatic heterocycles. The number of hydrogen-bond donors (Lipinski definition) is 1. The van der Waals surface area contributed by atoms with Crippen LogP contribution in [0.4, 0.5) is 0 Å². The van der Waals surface area contributed by atoms with Crippen LogP contribution >= 0.6 is 11.3 Å². The van der Waals surface area contributed by atoms with Crippen LogP contribution in [0.5, 0.6) is 0 Å². The maximum absolute atomic E-state index is 12.1. The quantitative estimate of drug-likeness (QED) is 0.789. The van der Waals surface area contributed by atoms with Crippen molar-refractivity contribution in [2.45, 2.75) is 13.5 Å². The highest BCUT2D eigenvalue weighted by atomic mass is 32.1. The highest BCUT2D eigenvalue weighted by Crippen LogP contribution is 2.22. The van der Waals surface area contributed by atoms with E-state index in [1.165, 1.54) is 0 Å². The fourth-order valence-corrected chi connectivity index (χ4v) is 2.51. The van der Waals surface area contributed by atoms with Crippen molar-refractivity contribution in [3.63, 3.8) is 0 Å². The predicted octanol–water partition coefficient (Wildman–Crippen LogP) is 1.92. The van der Waals surface area contributed by atoms with Gasteiger partial charge in [0.2, 0.25) is 11.8 Å². The molecule has 96 valence electrons. The largest absolute Gasteiger partial charge is 0.424 e. The van der Waals surface area contributed by atoms with Crippen molar-refractivity contribution < 1.29 is 9.21 Å². The smallest absolute Gasteiger partial charge is 0.253 e. The van der Waals surface area contributed by atoms with Crippen LogP contribution in [0.3, 0.4) is 0 Å². The molecule has 0 saturated carbocycles. The topological polar surface area (TPSA) is 80.9 Å². The van der Waals surface area contributed by atoms with Crippen LogP contribution in [0.2, 0.25) is 0 Å². The Balaban J connectivity index is 1.78. The average Bonchev–Trinajstić information content (AvgIpc) is 3.03. The minimum absolute atomic E-state index is 0.202. The van der Waals surface area contributed by atoms with E-state index in [-0.39, 0.29) is 12.5 Å². The molecule has 0 aliphatic rings. The number of nitrogens with zero attached hydrogens (tertiary/aromatic N) is 3. The van der Waals surface area contributed by atoms with Crippen LogP contribution in [0, 0.1) is 6.92 Å². The van der Waals surface area contributed by atoms with Crippen LogP contribution in [0.25, 0.3) is 10.1 Å². The van der Waals surface area contributed by atoms with Gasteiger partial charge < -0.3 is 9.73 Å². The van der Waals surface area contributed by atoms with E-state index in [1.807, 2.05) is 11.4 Å². The molecule has 6 nitrogen and oxygen atoms in total. The van der Waals surface area contributed by atoms with E-state index in [4.69, 9.17) is 4.42 Å². The second-order valence-corrected chi connectivity index (χ2v) is 4.86. The minimum atomic E-state index is -0.202. The van der Waals surface area contributed by atoms with Gasteiger partial charge in [0.15, 0.2) is 0 Å². The van der Waals surface area contributed by atoms with Crippen molar-refractivity contribution in [2.75, 3.05) is 0 Å². The lowest BCUT2D eigenvalue weighted by molar-refractivity contribution is 0.0948. The van der Waals surface area contributed by atoms with Gasteiger partial charge in [-0.1, -0.05) is 0 Å². The number of carbonyl (C=O) groups is 1. The second-order valence-electron chi connectivity index (χ2n) is 3.92. The molecule has 0 aliphatic carbocycles. The fraction of sp³-hybridized carbons (Fsp3) is 0.167. The van der Waals surface area contributed by atoms with Crippen molar-refractivity contribution in [1.29, 1.82) is 0 Å². The molecule has 0 spiro atoms. The standard InChI is InChI=1S/C12H10N4O2S/c1-7-15-16-11(18-7)6-14-12(17)9-4-13-5-10-8(9)2-3-19-10/h2-5H,6H2,1H3,(H,14,17). The number of hydrogen-bond acceptors (Lipinski definition) is 6. The number of rotatable bonds is 3. The molecule has 7 heteroatoms. The van der Waals surface area contributed by atoms with Gasteiger partial charge in [-0.15, -0.1) is 21.5 Å². The second kappa shape index (κ2) is 4.77. The molecule has 3 rings (SSSR count). The molecule has 0 radical (unpaired) electrons. The third kappa shape index (κ3) is 2.32. The van der Waals surface area contributed by atoms with E-state index in [9.17, 15) is 4.79 Å². The van der Waals surface area contributed by atoms with Crippen molar-refractivity contribution in [1.82, 2.24) is 20.5 Å². The normalized spacial score (nSPS) is 10.8. The van der Waals surface area contributed by atoms with Gasteiger partial charge in [0, 0.05) is 24.7 Å². The molecule has 1 amide bonds. The summed E-state index contributed by atoms with van der Waals surface area (Å²) in [6.07, 6.45) is 3.31. The zero-order valence-electron chi connectivity index (χ0n) is 10.1. The van der Waals surface area contributed by atoms with Gasteiger partial charge in [-0.2, -0.15) is 0 Å². The highest BCUT2D eigenvalue weighted by Gasteiger charge is 2.12. The summed E-state index contributed by atoms with van der Waals surface area (Å²) in [5.41, 5.74) is 0.551. The molecular formula is C12H10N4O2S. The molecule has 0 aromatic carbocycles. The van der Waals surface area contributed by atoms with Crippen molar-refractivity contribution in [2.24, 2.45) is 0 Å². The Morgan fingerprint density at radius 3 is 3.11 bits per heavy atom. The molecule has 0 saturated heterocycles. The number of pyridine rings is 1. The predicted molar refractivity (Wildman–Crippen MR) is 69.8 cm³/mol. The first-order chi connectivity index (χ1) is 9.24. The summed E-state index contributed by atoms with van der Waals surface area (Å²) < 4.78 is 6.18. The average molecular weight is 274 g/mol. The zero-order valence-corrected chi connectivity index (χ0v) is 10.9. The molecule has 0 unspecified atom stereocenters. The Bertz CT molecular complexity index is 734. The summed E-state index contributed by atoms with van der Waals surface area (Å²) in [4.78, 5) is 16.2. The summed E-state index contributed by atoms with van der Waals surface area (Å²) in [5.74, 6) is 0.662.